The summed E-state index contributed by atoms with van der Waals surface area (Å²) in [5.41, 5.74) is 0.463. The zero-order chi connectivity index (χ0) is 18.3. The molecule has 0 heterocycles. The summed E-state index contributed by atoms with van der Waals surface area (Å²) in [5.74, 6) is 0.834. The quantitative estimate of drug-likeness (QED) is 0.486. The molecule has 0 bridgehead atoms. The lowest BCUT2D eigenvalue weighted by molar-refractivity contribution is 0.447. The van der Waals surface area contributed by atoms with E-state index >= 15 is 0 Å². The predicted octanol–water partition coefficient (Wildman–Crippen LogP) is 4.94. The maximum atomic E-state index is 11.7. The molecular weight excluding hydrogens is 340 g/mol. The van der Waals surface area contributed by atoms with Crippen LogP contribution in [-0.2, 0) is 16.5 Å². The second-order valence-corrected chi connectivity index (χ2v) is 7.36. The summed E-state index contributed by atoms with van der Waals surface area (Å²) in [5, 5.41) is 9.55. The van der Waals surface area contributed by atoms with Gasteiger partial charge in [0.2, 0.25) is 0 Å². The van der Waals surface area contributed by atoms with E-state index in [2.05, 4.69) is 6.92 Å². The first-order valence-electron chi connectivity index (χ1n) is 8.48. The lowest BCUT2D eigenvalue weighted by Gasteiger charge is -2.14. The zero-order valence-electron chi connectivity index (χ0n) is 14.3. The van der Waals surface area contributed by atoms with Gasteiger partial charge in [0.05, 0.1) is 0 Å². The van der Waals surface area contributed by atoms with Gasteiger partial charge >= 0.3 is 0 Å². The van der Waals surface area contributed by atoms with Crippen LogP contribution in [-0.4, -0.2) is 18.1 Å². The van der Waals surface area contributed by atoms with Crippen LogP contribution in [0.5, 0.6) is 17.2 Å². The van der Waals surface area contributed by atoms with Crippen molar-refractivity contribution >= 4 is 10.1 Å². The molecule has 136 valence electrons. The van der Waals surface area contributed by atoms with Crippen molar-refractivity contribution in [2.45, 2.75) is 50.3 Å². The van der Waals surface area contributed by atoms with Crippen molar-refractivity contribution < 1.29 is 22.8 Å². The van der Waals surface area contributed by atoms with E-state index in [1.807, 2.05) is 0 Å². The fraction of sp³-hybridized carbons (Fsp3) is 0.368. The fourth-order valence-electron chi connectivity index (χ4n) is 2.71. The van der Waals surface area contributed by atoms with Crippen LogP contribution >= 0.6 is 0 Å². The summed E-state index contributed by atoms with van der Waals surface area (Å²) in [4.78, 5) is -0.124. The van der Waals surface area contributed by atoms with Crippen LogP contribution in [0, 0.1) is 0 Å². The highest BCUT2D eigenvalue weighted by Crippen LogP contribution is 2.32. The Kier molecular flexibility index (Phi) is 6.84. The highest BCUT2D eigenvalue weighted by atomic mass is 32.2. The molecule has 0 unspecified atom stereocenters. The van der Waals surface area contributed by atoms with Gasteiger partial charge in [0, 0.05) is 11.6 Å². The summed E-state index contributed by atoms with van der Waals surface area (Å²) in [6.07, 6.45) is 5.66. The third-order valence-electron chi connectivity index (χ3n) is 3.94. The Labute approximate surface area is 149 Å². The van der Waals surface area contributed by atoms with Gasteiger partial charge in [0.15, 0.2) is 0 Å². The first kappa shape index (κ1) is 19.3. The van der Waals surface area contributed by atoms with Gasteiger partial charge in [-0.15, -0.1) is 0 Å². The SMILES string of the molecule is CCCCCCCc1c(Oc2cccc(O)c2)cccc1S(=O)(=O)O. The van der Waals surface area contributed by atoms with E-state index in [0.29, 0.717) is 23.5 Å². The third kappa shape index (κ3) is 5.76. The number of unbranched alkanes of at least 4 members (excludes halogenated alkanes) is 4. The van der Waals surface area contributed by atoms with Crippen molar-refractivity contribution in [1.82, 2.24) is 0 Å². The highest BCUT2D eigenvalue weighted by Gasteiger charge is 2.19. The Bertz CT molecular complexity index is 799. The van der Waals surface area contributed by atoms with E-state index in [1.54, 1.807) is 18.2 Å². The molecule has 0 aliphatic heterocycles. The average Bonchev–Trinajstić information content (AvgIpc) is 2.55. The summed E-state index contributed by atoms with van der Waals surface area (Å²) in [6, 6.07) is 10.9. The fourth-order valence-corrected chi connectivity index (χ4v) is 3.47. The number of hydrogen-bond donors (Lipinski definition) is 2. The first-order valence-corrected chi connectivity index (χ1v) is 9.92. The van der Waals surface area contributed by atoms with E-state index in [0.717, 1.165) is 32.1 Å². The van der Waals surface area contributed by atoms with Gasteiger partial charge in [0.1, 0.15) is 22.1 Å². The first-order chi connectivity index (χ1) is 11.9. The molecule has 0 amide bonds. The van der Waals surface area contributed by atoms with E-state index in [9.17, 15) is 18.1 Å². The van der Waals surface area contributed by atoms with E-state index < -0.39 is 10.1 Å². The minimum absolute atomic E-state index is 0.0598. The summed E-state index contributed by atoms with van der Waals surface area (Å²) >= 11 is 0. The smallest absolute Gasteiger partial charge is 0.294 e. The summed E-state index contributed by atoms with van der Waals surface area (Å²) in [7, 11) is -4.33. The van der Waals surface area contributed by atoms with Crippen molar-refractivity contribution in [3.8, 4) is 17.2 Å². The molecular formula is C19H24O5S. The molecule has 0 spiro atoms. The average molecular weight is 364 g/mol. The second-order valence-electron chi connectivity index (χ2n) is 5.97. The number of phenols is 1. The predicted molar refractivity (Wildman–Crippen MR) is 96.9 cm³/mol. The van der Waals surface area contributed by atoms with Crippen molar-refractivity contribution in [2.75, 3.05) is 0 Å². The Hall–Kier alpha value is -2.05. The Morgan fingerprint density at radius 3 is 2.40 bits per heavy atom. The topological polar surface area (TPSA) is 83.8 Å². The molecule has 0 fully saturated rings. The Morgan fingerprint density at radius 1 is 1.00 bits per heavy atom. The molecule has 0 saturated heterocycles. The molecule has 0 atom stereocenters. The van der Waals surface area contributed by atoms with Crippen LogP contribution in [0.25, 0.3) is 0 Å². The van der Waals surface area contributed by atoms with E-state index in [4.69, 9.17) is 4.74 Å². The minimum atomic E-state index is -4.33. The van der Waals surface area contributed by atoms with Crippen LogP contribution in [0.1, 0.15) is 44.6 Å². The van der Waals surface area contributed by atoms with Gasteiger partial charge in [0.25, 0.3) is 10.1 Å². The Balaban J connectivity index is 2.28. The maximum Gasteiger partial charge on any atom is 0.294 e. The minimum Gasteiger partial charge on any atom is -0.508 e. The standard InChI is InChI=1S/C19H24O5S/c1-2-3-4-5-6-11-17-18(12-8-13-19(17)25(21,22)23)24-16-10-7-9-15(20)14-16/h7-10,12-14,20H,2-6,11H2,1H3,(H,21,22,23). The lowest BCUT2D eigenvalue weighted by Crippen LogP contribution is -2.05. The second kappa shape index (κ2) is 8.87. The summed E-state index contributed by atoms with van der Waals surface area (Å²) < 4.78 is 38.7. The zero-order valence-corrected chi connectivity index (χ0v) is 15.1. The highest BCUT2D eigenvalue weighted by molar-refractivity contribution is 7.85. The molecule has 2 aromatic carbocycles. The molecule has 2 N–H and O–H groups in total. The molecule has 0 aromatic heterocycles. The van der Waals surface area contributed by atoms with Gasteiger partial charge < -0.3 is 9.84 Å². The van der Waals surface area contributed by atoms with E-state index in [-0.39, 0.29) is 10.6 Å². The molecule has 2 rings (SSSR count). The van der Waals surface area contributed by atoms with Crippen LogP contribution in [0.3, 0.4) is 0 Å². The molecule has 5 nitrogen and oxygen atoms in total. The van der Waals surface area contributed by atoms with Crippen LogP contribution in [0.2, 0.25) is 0 Å². The molecule has 0 aliphatic carbocycles. The van der Waals surface area contributed by atoms with Crippen molar-refractivity contribution in [1.29, 1.82) is 0 Å². The van der Waals surface area contributed by atoms with Gasteiger partial charge in [-0.1, -0.05) is 44.7 Å². The van der Waals surface area contributed by atoms with Gasteiger partial charge in [-0.25, -0.2) is 0 Å². The molecule has 25 heavy (non-hydrogen) atoms. The van der Waals surface area contributed by atoms with Gasteiger partial charge in [-0.05, 0) is 37.1 Å². The molecule has 0 saturated carbocycles. The number of phenolic OH excluding ortho intramolecular Hbond substituents is 1. The van der Waals surface area contributed by atoms with Crippen LogP contribution in [0.15, 0.2) is 47.4 Å². The van der Waals surface area contributed by atoms with Gasteiger partial charge in [-0.3, -0.25) is 4.55 Å². The van der Waals surface area contributed by atoms with Crippen LogP contribution in [0.4, 0.5) is 0 Å². The van der Waals surface area contributed by atoms with Crippen molar-refractivity contribution in [2.24, 2.45) is 0 Å². The van der Waals surface area contributed by atoms with Gasteiger partial charge in [-0.2, -0.15) is 8.42 Å². The lowest BCUT2D eigenvalue weighted by atomic mass is 10.0. The monoisotopic (exact) mass is 364 g/mol. The molecule has 2 aromatic rings. The largest absolute Gasteiger partial charge is 0.508 e. The summed E-state index contributed by atoms with van der Waals surface area (Å²) in [6.45, 7) is 2.13. The number of ether oxygens (including phenoxy) is 1. The maximum absolute atomic E-state index is 11.7. The van der Waals surface area contributed by atoms with E-state index in [1.165, 1.54) is 24.3 Å². The molecule has 6 heteroatoms. The third-order valence-corrected chi connectivity index (χ3v) is 4.88. The number of benzene rings is 2. The van der Waals surface area contributed by atoms with Crippen molar-refractivity contribution in [3.63, 3.8) is 0 Å². The number of hydrogen-bond acceptors (Lipinski definition) is 4. The normalized spacial score (nSPS) is 11.4. The number of aromatic hydroxyl groups is 1. The Morgan fingerprint density at radius 2 is 1.72 bits per heavy atom. The van der Waals surface area contributed by atoms with Crippen molar-refractivity contribution in [3.05, 3.63) is 48.0 Å². The molecule has 0 aliphatic rings. The molecule has 0 radical (unpaired) electrons. The van der Waals surface area contributed by atoms with Crippen LogP contribution < -0.4 is 4.74 Å². The number of rotatable bonds is 9.